The third-order valence-electron chi connectivity index (χ3n) is 3.52. The summed E-state index contributed by atoms with van der Waals surface area (Å²) in [4.78, 5) is 25.2. The number of esters is 1. The van der Waals surface area contributed by atoms with Crippen molar-refractivity contribution >= 4 is 18.0 Å². The maximum absolute atomic E-state index is 12.0. The molecule has 2 aromatic carbocycles. The molecule has 124 valence electrons. The molecule has 0 saturated heterocycles. The highest BCUT2D eigenvalue weighted by Crippen LogP contribution is 2.05. The number of carbonyl (C=O) groups excluding carboxylic acids is 2. The number of hydrogen-bond acceptors (Lipinski definition) is 3. The smallest absolute Gasteiger partial charge is 0.331 e. The molecule has 0 aliphatic rings. The van der Waals surface area contributed by atoms with Crippen molar-refractivity contribution in [1.29, 1.82) is 0 Å². The highest BCUT2D eigenvalue weighted by Gasteiger charge is 2.11. The summed E-state index contributed by atoms with van der Waals surface area (Å²) in [6.07, 6.45) is 3.00. The Morgan fingerprint density at radius 1 is 1.04 bits per heavy atom. The first-order chi connectivity index (χ1) is 11.5. The summed E-state index contributed by atoms with van der Waals surface area (Å²) in [5, 5.41) is 0. The number of rotatable bonds is 6. The summed E-state index contributed by atoms with van der Waals surface area (Å²) >= 11 is 0. The standard InChI is InChI=1S/C20H21NO3/c1-16-8-10-17(11-9-16)12-13-20(23)24-15-19(22)21(2)14-18-6-4-3-5-7-18/h3-13H,14-15H2,1-2H3/b13-12+. The predicted molar refractivity (Wildman–Crippen MR) is 94.1 cm³/mol. The molecule has 4 heteroatoms. The molecule has 0 saturated carbocycles. The molecule has 0 bridgehead atoms. The van der Waals surface area contributed by atoms with Crippen LogP contribution in [0.3, 0.4) is 0 Å². The van der Waals surface area contributed by atoms with Crippen LogP contribution in [0.25, 0.3) is 6.08 Å². The summed E-state index contributed by atoms with van der Waals surface area (Å²) in [6.45, 7) is 2.22. The number of carbonyl (C=O) groups is 2. The Morgan fingerprint density at radius 3 is 2.38 bits per heavy atom. The number of hydrogen-bond donors (Lipinski definition) is 0. The second-order valence-corrected chi connectivity index (χ2v) is 5.59. The molecular weight excluding hydrogens is 302 g/mol. The molecule has 2 aromatic rings. The zero-order chi connectivity index (χ0) is 17.4. The Balaban J connectivity index is 1.78. The third kappa shape index (κ3) is 5.72. The van der Waals surface area contributed by atoms with Gasteiger partial charge >= 0.3 is 5.97 Å². The van der Waals surface area contributed by atoms with Gasteiger partial charge in [-0.3, -0.25) is 4.79 Å². The SMILES string of the molecule is Cc1ccc(/C=C/C(=O)OCC(=O)N(C)Cc2ccccc2)cc1. The van der Waals surface area contributed by atoms with E-state index in [1.807, 2.05) is 61.5 Å². The Hall–Kier alpha value is -2.88. The summed E-state index contributed by atoms with van der Waals surface area (Å²) in [6, 6.07) is 17.4. The molecule has 0 aliphatic heterocycles. The predicted octanol–water partition coefficient (Wildman–Crippen LogP) is 3.21. The average molecular weight is 323 g/mol. The van der Waals surface area contributed by atoms with Crippen molar-refractivity contribution in [3.63, 3.8) is 0 Å². The van der Waals surface area contributed by atoms with E-state index in [0.29, 0.717) is 6.54 Å². The topological polar surface area (TPSA) is 46.6 Å². The molecule has 0 radical (unpaired) electrons. The normalized spacial score (nSPS) is 10.6. The highest BCUT2D eigenvalue weighted by molar-refractivity contribution is 5.89. The van der Waals surface area contributed by atoms with Crippen LogP contribution in [0, 0.1) is 6.92 Å². The average Bonchev–Trinajstić information content (AvgIpc) is 2.60. The van der Waals surface area contributed by atoms with Gasteiger partial charge in [0.25, 0.3) is 5.91 Å². The van der Waals surface area contributed by atoms with Crippen LogP contribution in [0.2, 0.25) is 0 Å². The minimum atomic E-state index is -0.531. The van der Waals surface area contributed by atoms with Crippen molar-refractivity contribution in [3.05, 3.63) is 77.4 Å². The van der Waals surface area contributed by atoms with Crippen LogP contribution in [0.4, 0.5) is 0 Å². The molecule has 0 heterocycles. The Labute approximate surface area is 142 Å². The summed E-state index contributed by atoms with van der Waals surface area (Å²) in [5.41, 5.74) is 3.09. The van der Waals surface area contributed by atoms with Crippen LogP contribution in [0.1, 0.15) is 16.7 Å². The molecule has 0 fully saturated rings. The van der Waals surface area contributed by atoms with Gasteiger partial charge in [0.15, 0.2) is 6.61 Å². The second kappa shape index (κ2) is 8.67. The molecular formula is C20H21NO3. The molecule has 0 aliphatic carbocycles. The third-order valence-corrected chi connectivity index (χ3v) is 3.52. The van der Waals surface area contributed by atoms with Crippen molar-refractivity contribution in [1.82, 2.24) is 4.90 Å². The molecule has 0 spiro atoms. The van der Waals surface area contributed by atoms with Gasteiger partial charge in [0.2, 0.25) is 0 Å². The summed E-state index contributed by atoms with van der Waals surface area (Å²) in [5.74, 6) is -0.770. The number of amides is 1. The van der Waals surface area contributed by atoms with Crippen molar-refractivity contribution in [2.24, 2.45) is 0 Å². The Kier molecular flexibility index (Phi) is 6.32. The highest BCUT2D eigenvalue weighted by atomic mass is 16.5. The van der Waals surface area contributed by atoms with Crippen molar-refractivity contribution in [2.75, 3.05) is 13.7 Å². The molecule has 24 heavy (non-hydrogen) atoms. The van der Waals surface area contributed by atoms with E-state index in [9.17, 15) is 9.59 Å². The van der Waals surface area contributed by atoms with Gasteiger partial charge in [0.05, 0.1) is 0 Å². The first kappa shape index (κ1) is 17.5. The molecule has 0 atom stereocenters. The van der Waals surface area contributed by atoms with E-state index < -0.39 is 5.97 Å². The molecule has 0 aromatic heterocycles. The van der Waals surface area contributed by atoms with Gasteiger partial charge in [-0.25, -0.2) is 4.79 Å². The van der Waals surface area contributed by atoms with Crippen LogP contribution >= 0.6 is 0 Å². The lowest BCUT2D eigenvalue weighted by Crippen LogP contribution is -2.30. The Morgan fingerprint density at radius 2 is 1.71 bits per heavy atom. The molecule has 2 rings (SSSR count). The second-order valence-electron chi connectivity index (χ2n) is 5.59. The van der Waals surface area contributed by atoms with Gasteiger partial charge in [-0.15, -0.1) is 0 Å². The van der Waals surface area contributed by atoms with Gasteiger partial charge in [-0.05, 0) is 24.1 Å². The van der Waals surface area contributed by atoms with Gasteiger partial charge < -0.3 is 9.64 Å². The van der Waals surface area contributed by atoms with Crippen molar-refractivity contribution in [3.8, 4) is 0 Å². The lowest BCUT2D eigenvalue weighted by Gasteiger charge is -2.16. The van der Waals surface area contributed by atoms with Gasteiger partial charge in [-0.2, -0.15) is 0 Å². The van der Waals surface area contributed by atoms with E-state index >= 15 is 0 Å². The number of likely N-dealkylation sites (N-methyl/N-ethyl adjacent to an activating group) is 1. The lowest BCUT2D eigenvalue weighted by molar-refractivity contribution is -0.147. The van der Waals surface area contributed by atoms with E-state index in [1.54, 1.807) is 13.1 Å². The van der Waals surface area contributed by atoms with Gasteiger partial charge in [0, 0.05) is 19.7 Å². The zero-order valence-corrected chi connectivity index (χ0v) is 13.9. The van der Waals surface area contributed by atoms with Crippen LogP contribution < -0.4 is 0 Å². The van der Waals surface area contributed by atoms with E-state index in [-0.39, 0.29) is 12.5 Å². The largest absolute Gasteiger partial charge is 0.452 e. The van der Waals surface area contributed by atoms with E-state index in [2.05, 4.69) is 0 Å². The maximum Gasteiger partial charge on any atom is 0.331 e. The first-order valence-corrected chi connectivity index (χ1v) is 7.74. The fourth-order valence-corrected chi connectivity index (χ4v) is 2.08. The number of benzene rings is 2. The maximum atomic E-state index is 12.0. The minimum Gasteiger partial charge on any atom is -0.452 e. The minimum absolute atomic E-state index is 0.240. The monoisotopic (exact) mass is 323 g/mol. The fraction of sp³-hybridized carbons (Fsp3) is 0.200. The fourth-order valence-electron chi connectivity index (χ4n) is 2.08. The van der Waals surface area contributed by atoms with Crippen LogP contribution in [-0.4, -0.2) is 30.4 Å². The van der Waals surface area contributed by atoms with Gasteiger partial charge in [0.1, 0.15) is 0 Å². The number of aryl methyl sites for hydroxylation is 1. The number of ether oxygens (including phenoxy) is 1. The molecule has 4 nitrogen and oxygen atoms in total. The Bertz CT molecular complexity index is 705. The lowest BCUT2D eigenvalue weighted by atomic mass is 10.1. The first-order valence-electron chi connectivity index (χ1n) is 7.74. The van der Waals surface area contributed by atoms with Crippen LogP contribution in [-0.2, 0) is 20.9 Å². The van der Waals surface area contributed by atoms with E-state index in [1.165, 1.54) is 11.0 Å². The summed E-state index contributed by atoms with van der Waals surface area (Å²) in [7, 11) is 1.69. The number of nitrogens with zero attached hydrogens (tertiary/aromatic N) is 1. The quantitative estimate of drug-likeness (QED) is 0.606. The zero-order valence-electron chi connectivity index (χ0n) is 13.9. The van der Waals surface area contributed by atoms with Gasteiger partial charge in [-0.1, -0.05) is 60.2 Å². The van der Waals surface area contributed by atoms with Crippen molar-refractivity contribution in [2.45, 2.75) is 13.5 Å². The van der Waals surface area contributed by atoms with Crippen LogP contribution in [0.5, 0.6) is 0 Å². The molecule has 0 N–H and O–H groups in total. The summed E-state index contributed by atoms with van der Waals surface area (Å²) < 4.78 is 4.99. The van der Waals surface area contributed by atoms with Crippen LogP contribution in [0.15, 0.2) is 60.7 Å². The van der Waals surface area contributed by atoms with E-state index in [4.69, 9.17) is 4.74 Å². The molecule has 0 unspecified atom stereocenters. The van der Waals surface area contributed by atoms with E-state index in [0.717, 1.165) is 16.7 Å². The molecule has 1 amide bonds. The van der Waals surface area contributed by atoms with Crippen molar-refractivity contribution < 1.29 is 14.3 Å².